The number of benzene rings is 5. The van der Waals surface area contributed by atoms with Crippen LogP contribution in [0.3, 0.4) is 0 Å². The van der Waals surface area contributed by atoms with Gasteiger partial charge >= 0.3 is 6.98 Å². The first-order chi connectivity index (χ1) is 21.5. The van der Waals surface area contributed by atoms with Crippen LogP contribution in [-0.4, -0.2) is 16.4 Å². The summed E-state index contributed by atoms with van der Waals surface area (Å²) in [4.78, 5) is 7.63. The van der Waals surface area contributed by atoms with Crippen LogP contribution in [0.25, 0.3) is 33.6 Å². The molecule has 0 radical (unpaired) electrons. The fourth-order valence-electron chi connectivity index (χ4n) is 7.03. The van der Waals surface area contributed by atoms with Crippen LogP contribution in [0.1, 0.15) is 56.2 Å². The van der Waals surface area contributed by atoms with Gasteiger partial charge in [-0.25, -0.2) is 4.98 Å². The molecular formula is C40H38BN3. The van der Waals surface area contributed by atoms with Gasteiger partial charge in [0, 0.05) is 40.5 Å². The highest BCUT2D eigenvalue weighted by atomic mass is 15.2. The minimum atomic E-state index is -0.134. The lowest BCUT2D eigenvalue weighted by molar-refractivity contribution is 0.842. The maximum atomic E-state index is 5.01. The average Bonchev–Trinajstić information content (AvgIpc) is 3.54. The lowest BCUT2D eigenvalue weighted by Crippen LogP contribution is -2.56. The van der Waals surface area contributed by atoms with Gasteiger partial charge in [-0.1, -0.05) is 137 Å². The SMILES string of the molecule is Cc1cccc2c1-c1nccn1B(c1c(C(C)C)cccc1C(C)C)N2c1c(-c2ccccc2)cccc1-c1ccccc1. The summed E-state index contributed by atoms with van der Waals surface area (Å²) < 4.78 is 2.42. The molecule has 1 aromatic heterocycles. The molecular weight excluding hydrogens is 533 g/mol. The van der Waals surface area contributed by atoms with Crippen molar-refractivity contribution < 1.29 is 0 Å². The fraction of sp³-hybridized carbons (Fsp3) is 0.175. The molecule has 0 spiro atoms. The summed E-state index contributed by atoms with van der Waals surface area (Å²) in [5.74, 6) is 1.73. The Kier molecular flexibility index (Phi) is 7.22. The normalized spacial score (nSPS) is 12.5. The third kappa shape index (κ3) is 4.57. The van der Waals surface area contributed by atoms with Gasteiger partial charge in [0.15, 0.2) is 0 Å². The summed E-state index contributed by atoms with van der Waals surface area (Å²) >= 11 is 0. The quantitative estimate of drug-likeness (QED) is 0.186. The zero-order valence-corrected chi connectivity index (χ0v) is 26.2. The van der Waals surface area contributed by atoms with E-state index in [9.17, 15) is 0 Å². The number of aromatic nitrogens is 2. The van der Waals surface area contributed by atoms with Gasteiger partial charge in [-0.05, 0) is 58.1 Å². The maximum Gasteiger partial charge on any atom is 0.422 e. The minimum Gasteiger partial charge on any atom is -0.360 e. The van der Waals surface area contributed by atoms with Crippen molar-refractivity contribution in [2.24, 2.45) is 0 Å². The Hall–Kier alpha value is -4.83. The number of imidazole rings is 1. The molecule has 0 atom stereocenters. The van der Waals surface area contributed by atoms with E-state index in [0.29, 0.717) is 11.8 Å². The number of para-hydroxylation sites is 1. The fourth-order valence-corrected chi connectivity index (χ4v) is 7.03. The van der Waals surface area contributed by atoms with E-state index >= 15 is 0 Å². The first-order valence-corrected chi connectivity index (χ1v) is 15.7. The molecule has 0 fully saturated rings. The topological polar surface area (TPSA) is 21.1 Å². The second-order valence-corrected chi connectivity index (χ2v) is 12.5. The third-order valence-corrected chi connectivity index (χ3v) is 9.03. The Morgan fingerprint density at radius 1 is 0.614 bits per heavy atom. The molecule has 6 aromatic rings. The average molecular weight is 572 g/mol. The Morgan fingerprint density at radius 2 is 1.16 bits per heavy atom. The summed E-state index contributed by atoms with van der Waals surface area (Å²) in [5.41, 5.74) is 13.7. The highest BCUT2D eigenvalue weighted by Gasteiger charge is 2.43. The summed E-state index contributed by atoms with van der Waals surface area (Å²) in [6, 6.07) is 42.0. The summed E-state index contributed by atoms with van der Waals surface area (Å²) in [6.07, 6.45) is 4.15. The van der Waals surface area contributed by atoms with Gasteiger partial charge in [0.25, 0.3) is 0 Å². The van der Waals surface area contributed by atoms with E-state index in [1.165, 1.54) is 61.3 Å². The molecule has 0 amide bonds. The van der Waals surface area contributed by atoms with E-state index in [1.54, 1.807) is 0 Å². The van der Waals surface area contributed by atoms with E-state index in [-0.39, 0.29) is 6.98 Å². The van der Waals surface area contributed by atoms with Crippen LogP contribution in [0.5, 0.6) is 0 Å². The van der Waals surface area contributed by atoms with Crippen LogP contribution in [0.15, 0.2) is 128 Å². The highest BCUT2D eigenvalue weighted by molar-refractivity contribution is 6.78. The van der Waals surface area contributed by atoms with Crippen LogP contribution in [0.4, 0.5) is 11.4 Å². The van der Waals surface area contributed by atoms with E-state index in [2.05, 4.69) is 165 Å². The van der Waals surface area contributed by atoms with Gasteiger partial charge in [0.1, 0.15) is 5.82 Å². The highest BCUT2D eigenvalue weighted by Crippen LogP contribution is 2.49. The number of fused-ring (bicyclic) bond motifs is 3. The van der Waals surface area contributed by atoms with Crippen molar-refractivity contribution in [1.29, 1.82) is 0 Å². The molecule has 0 bridgehead atoms. The van der Waals surface area contributed by atoms with Crippen molar-refractivity contribution in [3.63, 3.8) is 0 Å². The molecule has 0 aliphatic carbocycles. The lowest BCUT2D eigenvalue weighted by Gasteiger charge is -2.42. The molecule has 0 N–H and O–H groups in total. The standard InChI is InChI=1S/C40H38BN3/c1-27(2)32-20-13-21-33(28(3)4)38(32)41-43-26-25-42-40(43)37-29(5)15-12-24-36(37)44(41)39-34(30-16-8-6-9-17-30)22-14-23-35(39)31-18-10-7-11-19-31/h6-28H,1-5H3. The first kappa shape index (κ1) is 28.0. The van der Waals surface area contributed by atoms with E-state index in [4.69, 9.17) is 4.98 Å². The smallest absolute Gasteiger partial charge is 0.360 e. The molecule has 0 saturated carbocycles. The van der Waals surface area contributed by atoms with Crippen molar-refractivity contribution in [2.75, 3.05) is 4.81 Å². The van der Waals surface area contributed by atoms with Gasteiger partial charge in [0.2, 0.25) is 0 Å². The van der Waals surface area contributed by atoms with Crippen LogP contribution < -0.4 is 10.3 Å². The van der Waals surface area contributed by atoms with E-state index < -0.39 is 0 Å². The van der Waals surface area contributed by atoms with Crippen molar-refractivity contribution in [1.82, 2.24) is 9.46 Å². The van der Waals surface area contributed by atoms with Crippen molar-refractivity contribution in [2.45, 2.75) is 46.5 Å². The molecule has 0 unspecified atom stereocenters. The van der Waals surface area contributed by atoms with Crippen molar-refractivity contribution in [3.8, 4) is 33.6 Å². The van der Waals surface area contributed by atoms with Gasteiger partial charge < -0.3 is 9.29 Å². The van der Waals surface area contributed by atoms with Gasteiger partial charge in [-0.3, -0.25) is 0 Å². The second kappa shape index (κ2) is 11.4. The predicted molar refractivity (Wildman–Crippen MR) is 187 cm³/mol. The number of aryl methyl sites for hydroxylation is 1. The number of rotatable bonds is 6. The summed E-state index contributed by atoms with van der Waals surface area (Å²) in [6.45, 7) is 11.3. The van der Waals surface area contributed by atoms with E-state index in [0.717, 1.165) is 5.82 Å². The Balaban J connectivity index is 1.66. The predicted octanol–water partition coefficient (Wildman–Crippen LogP) is 9.83. The van der Waals surface area contributed by atoms with Crippen LogP contribution in [0.2, 0.25) is 0 Å². The molecule has 44 heavy (non-hydrogen) atoms. The number of hydrogen-bond acceptors (Lipinski definition) is 2. The molecule has 5 aromatic carbocycles. The third-order valence-electron chi connectivity index (χ3n) is 9.03. The van der Waals surface area contributed by atoms with Crippen molar-refractivity contribution in [3.05, 3.63) is 144 Å². The lowest BCUT2D eigenvalue weighted by atomic mass is 9.57. The largest absolute Gasteiger partial charge is 0.422 e. The van der Waals surface area contributed by atoms with E-state index in [1.807, 2.05) is 6.20 Å². The number of anilines is 2. The van der Waals surface area contributed by atoms with Gasteiger partial charge in [-0.2, -0.15) is 0 Å². The van der Waals surface area contributed by atoms with Gasteiger partial charge in [-0.15, -0.1) is 0 Å². The molecule has 1 aliphatic heterocycles. The maximum absolute atomic E-state index is 5.01. The minimum absolute atomic E-state index is 0.134. The van der Waals surface area contributed by atoms with Crippen LogP contribution in [0, 0.1) is 6.92 Å². The summed E-state index contributed by atoms with van der Waals surface area (Å²) in [7, 11) is 0. The first-order valence-electron chi connectivity index (χ1n) is 15.7. The van der Waals surface area contributed by atoms with Crippen LogP contribution >= 0.6 is 0 Å². The second-order valence-electron chi connectivity index (χ2n) is 12.5. The Morgan fingerprint density at radius 3 is 1.73 bits per heavy atom. The van der Waals surface area contributed by atoms with Crippen molar-refractivity contribution >= 4 is 23.8 Å². The molecule has 216 valence electrons. The molecule has 4 heteroatoms. The zero-order chi connectivity index (χ0) is 30.4. The van der Waals surface area contributed by atoms with Crippen LogP contribution in [-0.2, 0) is 0 Å². The molecule has 1 aliphatic rings. The molecule has 2 heterocycles. The van der Waals surface area contributed by atoms with Gasteiger partial charge in [0.05, 0.1) is 0 Å². The monoisotopic (exact) mass is 571 g/mol. The molecule has 0 saturated heterocycles. The summed E-state index contributed by atoms with van der Waals surface area (Å²) in [5, 5.41) is 0. The number of nitrogens with zero attached hydrogens (tertiary/aromatic N) is 3. The number of hydrogen-bond donors (Lipinski definition) is 0. The Labute approximate surface area is 262 Å². The Bertz CT molecular complexity index is 1860. The molecule has 7 rings (SSSR count). The zero-order valence-electron chi connectivity index (χ0n) is 26.2. The molecule has 3 nitrogen and oxygen atoms in total.